The summed E-state index contributed by atoms with van der Waals surface area (Å²) in [6, 6.07) is 15.5. The highest BCUT2D eigenvalue weighted by atomic mass is 19.1. The molecule has 2 aliphatic rings. The average Bonchev–Trinajstić information content (AvgIpc) is 4.01. The Kier molecular flexibility index (Phi) is 20.9. The quantitative estimate of drug-likeness (QED) is 0.0626. The van der Waals surface area contributed by atoms with Crippen LogP contribution in [0.5, 0.6) is 0 Å². The van der Waals surface area contributed by atoms with E-state index in [0.29, 0.717) is 39.4 Å². The molecule has 0 unspecified atom stereocenters. The van der Waals surface area contributed by atoms with Gasteiger partial charge in [-0.05, 0) is 82.9 Å². The predicted octanol–water partition coefficient (Wildman–Crippen LogP) is 5.21. The molecule has 0 spiro atoms. The number of aromatic nitrogens is 4. The first kappa shape index (κ1) is 59.5. The molecule has 0 aliphatic carbocycles. The average molecular weight is 1090 g/mol. The fraction of sp³-hybridized carbons (Fsp3) is 0.240. The topological polar surface area (TPSA) is 376 Å². The minimum Gasteiger partial charge on any atom is -0.481 e. The number of halogens is 4. The predicted molar refractivity (Wildman–Crippen MR) is 266 cm³/mol. The van der Waals surface area contributed by atoms with Crippen molar-refractivity contribution in [1.82, 2.24) is 29.7 Å². The molecule has 2 aromatic carbocycles. The Bertz CT molecular complexity index is 2990. The van der Waals surface area contributed by atoms with Crippen molar-refractivity contribution in [3.05, 3.63) is 142 Å². The van der Waals surface area contributed by atoms with Crippen molar-refractivity contribution in [2.75, 3.05) is 36.3 Å². The lowest BCUT2D eigenvalue weighted by molar-refractivity contribution is -0.153. The van der Waals surface area contributed by atoms with Gasteiger partial charge in [-0.2, -0.15) is 0 Å². The third-order valence-electron chi connectivity index (χ3n) is 10.9. The smallest absolute Gasteiger partial charge is 0.333 e. The van der Waals surface area contributed by atoms with Crippen LogP contribution >= 0.6 is 0 Å². The van der Waals surface area contributed by atoms with Gasteiger partial charge in [-0.25, -0.2) is 46.7 Å². The van der Waals surface area contributed by atoms with E-state index in [1.165, 1.54) is 36.4 Å². The van der Waals surface area contributed by atoms with Crippen LogP contribution in [0.1, 0.15) is 46.5 Å². The number of pyridine rings is 4. The number of urea groups is 2. The molecule has 6 aromatic rings. The van der Waals surface area contributed by atoms with Gasteiger partial charge in [0.2, 0.25) is 0 Å². The number of hydrogen-bond donors (Lipinski definition) is 10. The highest BCUT2D eigenvalue weighted by Crippen LogP contribution is 2.30. The maximum Gasteiger partial charge on any atom is 0.333 e. The molecule has 0 fully saturated rings. The molecule has 2 atom stereocenters. The zero-order chi connectivity index (χ0) is 57.4. The van der Waals surface area contributed by atoms with E-state index in [4.69, 9.17) is 51.6 Å². The van der Waals surface area contributed by atoms with E-state index in [-0.39, 0.29) is 45.5 Å². The lowest BCUT2D eigenvalue weighted by atomic mass is 10.1. The summed E-state index contributed by atoms with van der Waals surface area (Å²) in [5.41, 5.74) is 18.5. The third-order valence-corrected chi connectivity index (χ3v) is 10.9. The number of nitrogens with zero attached hydrogens (tertiary/aromatic N) is 6. The molecular formula is C50H50F4N10O14. The number of aliphatic carboxylic acids is 4. The summed E-state index contributed by atoms with van der Waals surface area (Å²) in [6.07, 6.45) is -1.61. The van der Waals surface area contributed by atoms with Gasteiger partial charge in [0.15, 0.2) is 23.8 Å². The molecule has 0 radical (unpaired) electrons. The molecule has 0 saturated heterocycles. The number of carboxylic acids is 4. The number of amides is 4. The number of anilines is 4. The van der Waals surface area contributed by atoms with Crippen molar-refractivity contribution in [3.63, 3.8) is 0 Å². The lowest BCUT2D eigenvalue weighted by Gasteiger charge is -2.17. The van der Waals surface area contributed by atoms with Crippen LogP contribution in [-0.4, -0.2) is 123 Å². The Hall–Kier alpha value is -9.38. The first-order valence-corrected chi connectivity index (χ1v) is 22.7. The zero-order valence-electron chi connectivity index (χ0n) is 41.2. The van der Waals surface area contributed by atoms with Crippen molar-refractivity contribution < 1.29 is 86.4 Å². The molecular weight excluding hydrogens is 1040 g/mol. The van der Waals surface area contributed by atoms with Crippen molar-refractivity contribution >= 4 is 58.9 Å². The Morgan fingerprint density at radius 3 is 1.23 bits per heavy atom. The molecule has 28 heteroatoms. The van der Waals surface area contributed by atoms with Gasteiger partial charge in [-0.3, -0.25) is 30.2 Å². The number of ether oxygens (including phenoxy) is 2. The number of nitrogens with two attached hydrogens (primary N) is 2. The molecule has 78 heavy (non-hydrogen) atoms. The monoisotopic (exact) mass is 1090 g/mol. The molecule has 2 aliphatic heterocycles. The fourth-order valence-electron chi connectivity index (χ4n) is 7.10. The van der Waals surface area contributed by atoms with Gasteiger partial charge in [-0.1, -0.05) is 0 Å². The normalized spacial score (nSPS) is 12.7. The SMILES string of the molecule is COCc1cc2c(cn1)CN(C(=O)Nc1nc(-c3ccc(F)cc3F)ccc1N)C2.COCc1cc2c(cn1)CN(C(=O)Nc1nc(-c3ccc(F)cc3F)ccc1N)C2.O=C(O)C[C@H](O)C(=O)O.O=C(O)C[C@H](O)C(=O)O. The van der Waals surface area contributed by atoms with Gasteiger partial charge in [0.25, 0.3) is 0 Å². The number of fused-ring (bicyclic) bond motifs is 2. The van der Waals surface area contributed by atoms with Gasteiger partial charge in [-0.15, -0.1) is 0 Å². The van der Waals surface area contributed by atoms with Crippen molar-refractivity contribution in [1.29, 1.82) is 0 Å². The summed E-state index contributed by atoms with van der Waals surface area (Å²) >= 11 is 0. The zero-order valence-corrected chi connectivity index (χ0v) is 41.2. The van der Waals surface area contributed by atoms with Crippen LogP contribution < -0.4 is 22.1 Å². The molecule has 24 nitrogen and oxygen atoms in total. The van der Waals surface area contributed by atoms with E-state index in [2.05, 4.69) is 30.6 Å². The molecule has 4 amide bonds. The summed E-state index contributed by atoms with van der Waals surface area (Å²) in [5, 5.41) is 53.6. The van der Waals surface area contributed by atoms with Crippen LogP contribution in [0.2, 0.25) is 0 Å². The van der Waals surface area contributed by atoms with Crippen molar-refractivity contribution in [3.8, 4) is 22.5 Å². The van der Waals surface area contributed by atoms with Crippen LogP contribution in [0, 0.1) is 23.3 Å². The number of nitrogens with one attached hydrogen (secondary N) is 2. The second kappa shape index (κ2) is 27.4. The summed E-state index contributed by atoms with van der Waals surface area (Å²) in [6.45, 7) is 2.40. The minimum atomic E-state index is -1.79. The van der Waals surface area contributed by atoms with Crippen LogP contribution in [0.4, 0.5) is 50.2 Å². The first-order valence-electron chi connectivity index (χ1n) is 22.7. The van der Waals surface area contributed by atoms with Crippen LogP contribution in [0.3, 0.4) is 0 Å². The summed E-state index contributed by atoms with van der Waals surface area (Å²) < 4.78 is 64.7. The molecule has 412 valence electrons. The number of carboxylic acid groups (broad SMARTS) is 4. The first-order chi connectivity index (χ1) is 37.0. The van der Waals surface area contributed by atoms with Crippen molar-refractivity contribution in [2.24, 2.45) is 0 Å². The Morgan fingerprint density at radius 2 is 0.923 bits per heavy atom. The van der Waals surface area contributed by atoms with Crippen molar-refractivity contribution in [2.45, 2.75) is 64.4 Å². The molecule has 0 saturated carbocycles. The fourth-order valence-corrected chi connectivity index (χ4v) is 7.10. The number of benzene rings is 2. The standard InChI is InChI=1S/2C21H19F2N5O2.2C4H6O5/c2*1-30-11-15-6-12-9-28(10-13(12)8-25-15)21(29)27-20-18(24)4-5-19(26-20)16-3-2-14(22)7-17(16)23;2*5-2(4(8)9)1-3(6)7/h2*2-8H,9-11,24H2,1H3,(H,26,27,29);2*2,5H,1H2,(H,6,7)(H,8,9)/t;;2*2-/m..00/s1. The second-order valence-electron chi connectivity index (χ2n) is 16.7. The number of methoxy groups -OCH3 is 2. The molecule has 6 heterocycles. The molecule has 4 aromatic heterocycles. The third kappa shape index (κ3) is 16.8. The summed E-state index contributed by atoms with van der Waals surface area (Å²) in [7, 11) is 3.19. The number of carbonyl (C=O) groups excluding carboxylic acids is 2. The number of aliphatic hydroxyl groups is 2. The highest BCUT2D eigenvalue weighted by Gasteiger charge is 2.27. The number of nitrogen functional groups attached to an aromatic ring is 2. The minimum absolute atomic E-state index is 0.107. The van der Waals surface area contributed by atoms with E-state index in [9.17, 15) is 46.3 Å². The number of rotatable bonds is 14. The molecule has 12 N–H and O–H groups in total. The molecule has 8 rings (SSSR count). The summed E-state index contributed by atoms with van der Waals surface area (Å²) in [4.78, 5) is 84.7. The Morgan fingerprint density at radius 1 is 0.564 bits per heavy atom. The van der Waals surface area contributed by atoms with Crippen LogP contribution in [-0.2, 0) is 68.0 Å². The number of hydrogen-bond acceptors (Lipinski definition) is 16. The van der Waals surface area contributed by atoms with E-state index in [1.807, 2.05) is 12.1 Å². The highest BCUT2D eigenvalue weighted by molar-refractivity contribution is 5.93. The van der Waals surface area contributed by atoms with Gasteiger partial charge in [0.05, 0.1) is 60.2 Å². The van der Waals surface area contributed by atoms with Crippen LogP contribution in [0.25, 0.3) is 22.5 Å². The van der Waals surface area contributed by atoms with Gasteiger partial charge in [0.1, 0.15) is 23.3 Å². The van der Waals surface area contributed by atoms with E-state index in [1.54, 1.807) is 36.4 Å². The lowest BCUT2D eigenvalue weighted by Crippen LogP contribution is -2.30. The van der Waals surface area contributed by atoms with E-state index < -0.39 is 84.3 Å². The maximum atomic E-state index is 14.1. The number of carbonyl (C=O) groups is 6. The van der Waals surface area contributed by atoms with E-state index in [0.717, 1.165) is 57.9 Å². The Balaban J connectivity index is 0.000000220. The van der Waals surface area contributed by atoms with Crippen LogP contribution in [0.15, 0.2) is 85.2 Å². The second-order valence-corrected chi connectivity index (χ2v) is 16.7. The molecule has 0 bridgehead atoms. The van der Waals surface area contributed by atoms with E-state index >= 15 is 0 Å². The largest absolute Gasteiger partial charge is 0.481 e. The number of aliphatic hydroxyl groups excluding tert-OH is 2. The maximum absolute atomic E-state index is 14.1. The van der Waals surface area contributed by atoms with Gasteiger partial charge in [0, 0.05) is 76.1 Å². The van der Waals surface area contributed by atoms with Gasteiger partial charge < -0.3 is 61.4 Å². The van der Waals surface area contributed by atoms with Gasteiger partial charge >= 0.3 is 35.9 Å². The summed E-state index contributed by atoms with van der Waals surface area (Å²) in [5.74, 6) is -8.35. The Labute approximate surface area is 439 Å².